The standard InChI is InChI=1S/C9H8Cl2F2/c10-7-3-1-2-6(9(7)11)4-5-8(12)13/h1-3,8H,4-5H2. The van der Waals surface area contributed by atoms with Gasteiger partial charge in [-0.15, -0.1) is 0 Å². The quantitative estimate of drug-likeness (QED) is 0.723. The van der Waals surface area contributed by atoms with E-state index in [0.717, 1.165) is 0 Å². The van der Waals surface area contributed by atoms with Crippen LogP contribution in [-0.2, 0) is 6.42 Å². The van der Waals surface area contributed by atoms with Crippen LogP contribution in [0.25, 0.3) is 0 Å². The second-order valence-electron chi connectivity index (χ2n) is 2.64. The lowest BCUT2D eigenvalue weighted by Crippen LogP contribution is -1.95. The van der Waals surface area contributed by atoms with Crippen LogP contribution in [0.4, 0.5) is 8.78 Å². The first-order valence-corrected chi connectivity index (χ1v) is 4.58. The molecule has 0 heterocycles. The molecule has 1 aromatic rings. The third-order valence-electron chi connectivity index (χ3n) is 1.66. The molecule has 0 aromatic heterocycles. The van der Waals surface area contributed by atoms with Crippen LogP contribution in [0.1, 0.15) is 12.0 Å². The van der Waals surface area contributed by atoms with E-state index >= 15 is 0 Å². The number of rotatable bonds is 3. The van der Waals surface area contributed by atoms with Gasteiger partial charge in [-0.25, -0.2) is 8.78 Å². The Morgan fingerprint density at radius 1 is 1.23 bits per heavy atom. The summed E-state index contributed by atoms with van der Waals surface area (Å²) in [5.41, 5.74) is 0.675. The normalized spacial score (nSPS) is 10.8. The maximum absolute atomic E-state index is 11.9. The van der Waals surface area contributed by atoms with Gasteiger partial charge in [0.1, 0.15) is 0 Å². The molecule has 1 rings (SSSR count). The highest BCUT2D eigenvalue weighted by molar-refractivity contribution is 6.42. The molecule has 4 heteroatoms. The van der Waals surface area contributed by atoms with Crippen LogP contribution in [0.3, 0.4) is 0 Å². The summed E-state index contributed by atoms with van der Waals surface area (Å²) < 4.78 is 23.8. The van der Waals surface area contributed by atoms with E-state index in [1.807, 2.05) is 0 Å². The predicted molar refractivity (Wildman–Crippen MR) is 50.8 cm³/mol. The summed E-state index contributed by atoms with van der Waals surface area (Å²) in [5.74, 6) is 0. The van der Waals surface area contributed by atoms with Crippen LogP contribution in [-0.4, -0.2) is 6.43 Å². The maximum atomic E-state index is 11.9. The number of hydrogen-bond donors (Lipinski definition) is 0. The number of hydrogen-bond acceptors (Lipinski definition) is 0. The molecule has 0 fully saturated rings. The zero-order chi connectivity index (χ0) is 9.84. The molecular formula is C9H8Cl2F2. The van der Waals surface area contributed by atoms with Crippen LogP contribution in [0.15, 0.2) is 18.2 Å². The van der Waals surface area contributed by atoms with Crippen LogP contribution in [0, 0.1) is 0 Å². The van der Waals surface area contributed by atoms with Crippen molar-refractivity contribution < 1.29 is 8.78 Å². The third kappa shape index (κ3) is 3.12. The third-order valence-corrected chi connectivity index (χ3v) is 2.52. The smallest absolute Gasteiger partial charge is 0.211 e. The highest BCUT2D eigenvalue weighted by Gasteiger charge is 2.07. The lowest BCUT2D eigenvalue weighted by molar-refractivity contribution is 0.138. The Hall–Kier alpha value is -0.340. The Morgan fingerprint density at radius 3 is 2.54 bits per heavy atom. The van der Waals surface area contributed by atoms with Crippen LogP contribution in [0.2, 0.25) is 10.0 Å². The molecule has 0 nitrogen and oxygen atoms in total. The summed E-state index contributed by atoms with van der Waals surface area (Å²) in [6.07, 6.45) is -2.22. The monoisotopic (exact) mass is 224 g/mol. The van der Waals surface area contributed by atoms with E-state index in [9.17, 15) is 8.78 Å². The Bertz CT molecular complexity index is 287. The van der Waals surface area contributed by atoms with Gasteiger partial charge in [0.05, 0.1) is 10.0 Å². The molecule has 0 saturated carbocycles. The molecule has 13 heavy (non-hydrogen) atoms. The average molecular weight is 225 g/mol. The Labute approximate surface area is 85.5 Å². The van der Waals surface area contributed by atoms with Crippen LogP contribution >= 0.6 is 23.2 Å². The first-order chi connectivity index (χ1) is 6.11. The lowest BCUT2D eigenvalue weighted by Gasteiger charge is -2.04. The van der Waals surface area contributed by atoms with Gasteiger partial charge in [0.2, 0.25) is 6.43 Å². The topological polar surface area (TPSA) is 0 Å². The molecule has 0 unspecified atom stereocenters. The van der Waals surface area contributed by atoms with Crippen molar-refractivity contribution in [2.45, 2.75) is 19.3 Å². The minimum atomic E-state index is -2.30. The molecule has 0 atom stereocenters. The molecule has 0 bridgehead atoms. The zero-order valence-electron chi connectivity index (χ0n) is 6.74. The summed E-state index contributed by atoms with van der Waals surface area (Å²) in [6, 6.07) is 5.04. The van der Waals surface area contributed by atoms with Crippen molar-refractivity contribution >= 4 is 23.2 Å². The highest BCUT2D eigenvalue weighted by Crippen LogP contribution is 2.26. The van der Waals surface area contributed by atoms with E-state index < -0.39 is 6.43 Å². The van der Waals surface area contributed by atoms with Crippen molar-refractivity contribution in [2.24, 2.45) is 0 Å². The van der Waals surface area contributed by atoms with Gasteiger partial charge in [0, 0.05) is 6.42 Å². The molecular weight excluding hydrogens is 217 g/mol. The number of alkyl halides is 2. The molecule has 0 saturated heterocycles. The van der Waals surface area contributed by atoms with E-state index in [1.54, 1.807) is 18.2 Å². The highest BCUT2D eigenvalue weighted by atomic mass is 35.5. The van der Waals surface area contributed by atoms with E-state index in [2.05, 4.69) is 0 Å². The van der Waals surface area contributed by atoms with Gasteiger partial charge in [0.15, 0.2) is 0 Å². The van der Waals surface area contributed by atoms with Gasteiger partial charge in [0.25, 0.3) is 0 Å². The fourth-order valence-electron chi connectivity index (χ4n) is 1.01. The van der Waals surface area contributed by atoms with E-state index in [4.69, 9.17) is 23.2 Å². The van der Waals surface area contributed by atoms with Gasteiger partial charge < -0.3 is 0 Å². The summed E-state index contributed by atoms with van der Waals surface area (Å²) in [7, 11) is 0. The SMILES string of the molecule is FC(F)CCc1cccc(Cl)c1Cl. The number of aryl methyl sites for hydroxylation is 1. The van der Waals surface area contributed by atoms with Crippen LogP contribution in [0.5, 0.6) is 0 Å². The van der Waals surface area contributed by atoms with Gasteiger partial charge >= 0.3 is 0 Å². The Balaban J connectivity index is 2.71. The molecule has 72 valence electrons. The minimum Gasteiger partial charge on any atom is -0.211 e. The predicted octanol–water partition coefficient (Wildman–Crippen LogP) is 4.19. The van der Waals surface area contributed by atoms with Crippen LogP contribution < -0.4 is 0 Å². The number of halogens is 4. The van der Waals surface area contributed by atoms with Crippen molar-refractivity contribution in [1.29, 1.82) is 0 Å². The fourth-order valence-corrected chi connectivity index (χ4v) is 1.42. The molecule has 0 radical (unpaired) electrons. The Morgan fingerprint density at radius 2 is 1.92 bits per heavy atom. The van der Waals surface area contributed by atoms with Crippen molar-refractivity contribution in [3.05, 3.63) is 33.8 Å². The lowest BCUT2D eigenvalue weighted by atomic mass is 10.1. The first-order valence-electron chi connectivity index (χ1n) is 3.82. The fraction of sp³-hybridized carbons (Fsp3) is 0.333. The summed E-state index contributed by atoms with van der Waals surface area (Å²) in [6.45, 7) is 0. The van der Waals surface area contributed by atoms with Gasteiger partial charge in [-0.1, -0.05) is 35.3 Å². The summed E-state index contributed by atoms with van der Waals surface area (Å²) in [5, 5.41) is 0.790. The molecule has 0 aliphatic carbocycles. The largest absolute Gasteiger partial charge is 0.239 e. The van der Waals surface area contributed by atoms with E-state index in [1.165, 1.54) is 0 Å². The van der Waals surface area contributed by atoms with Gasteiger partial charge in [-0.3, -0.25) is 0 Å². The summed E-state index contributed by atoms with van der Waals surface area (Å²) >= 11 is 11.5. The van der Waals surface area contributed by atoms with Crippen molar-refractivity contribution in [1.82, 2.24) is 0 Å². The molecule has 0 aliphatic heterocycles. The first kappa shape index (κ1) is 10.7. The molecule has 0 spiro atoms. The van der Waals surface area contributed by atoms with Gasteiger partial charge in [-0.2, -0.15) is 0 Å². The van der Waals surface area contributed by atoms with Crippen molar-refractivity contribution in [2.75, 3.05) is 0 Å². The van der Waals surface area contributed by atoms with Crippen molar-refractivity contribution in [3.63, 3.8) is 0 Å². The minimum absolute atomic E-state index is 0.180. The molecule has 0 amide bonds. The zero-order valence-corrected chi connectivity index (χ0v) is 8.25. The second kappa shape index (κ2) is 4.77. The van der Waals surface area contributed by atoms with E-state index in [0.29, 0.717) is 15.6 Å². The maximum Gasteiger partial charge on any atom is 0.239 e. The Kier molecular flexibility index (Phi) is 3.94. The molecule has 1 aromatic carbocycles. The average Bonchev–Trinajstić information content (AvgIpc) is 2.07. The summed E-state index contributed by atoms with van der Waals surface area (Å²) in [4.78, 5) is 0. The van der Waals surface area contributed by atoms with Gasteiger partial charge in [-0.05, 0) is 18.1 Å². The number of benzene rings is 1. The van der Waals surface area contributed by atoms with Crippen molar-refractivity contribution in [3.8, 4) is 0 Å². The second-order valence-corrected chi connectivity index (χ2v) is 3.43. The molecule has 0 aliphatic rings. The molecule has 0 N–H and O–H groups in total. The van der Waals surface area contributed by atoms with E-state index in [-0.39, 0.29) is 12.8 Å².